The van der Waals surface area contributed by atoms with E-state index in [0.717, 1.165) is 37.0 Å². The number of carbonyl (C=O) groups is 2. The quantitative estimate of drug-likeness (QED) is 0.598. The number of carbonyl (C=O) groups excluding carboxylic acids is 2. The van der Waals surface area contributed by atoms with Gasteiger partial charge in [0.05, 0.1) is 13.5 Å². The molecule has 1 N–H and O–H groups in total. The molecule has 2 aromatic rings. The van der Waals surface area contributed by atoms with Gasteiger partial charge in [-0.15, -0.1) is 0 Å². The molecule has 3 rings (SSSR count). The lowest BCUT2D eigenvalue weighted by atomic mass is 10.1. The van der Waals surface area contributed by atoms with E-state index < -0.39 is 6.04 Å². The molecule has 0 radical (unpaired) electrons. The number of ether oxygens (including phenoxy) is 1. The minimum absolute atomic E-state index is 0.0235. The number of hydrogen-bond acceptors (Lipinski definition) is 3. The average Bonchev–Trinajstić information content (AvgIpc) is 3.27. The van der Waals surface area contributed by atoms with E-state index in [4.69, 9.17) is 27.9 Å². The summed E-state index contributed by atoms with van der Waals surface area (Å²) >= 11 is 12.6. The summed E-state index contributed by atoms with van der Waals surface area (Å²) in [4.78, 5) is 27.9. The van der Waals surface area contributed by atoms with Crippen LogP contribution in [0.1, 0.15) is 43.7 Å². The Kier molecular flexibility index (Phi) is 8.22. The van der Waals surface area contributed by atoms with E-state index in [2.05, 4.69) is 5.32 Å². The van der Waals surface area contributed by atoms with E-state index in [0.29, 0.717) is 22.2 Å². The topological polar surface area (TPSA) is 58.6 Å². The van der Waals surface area contributed by atoms with Gasteiger partial charge in [0.15, 0.2) is 0 Å². The van der Waals surface area contributed by atoms with Crippen LogP contribution in [0.25, 0.3) is 0 Å². The second-order valence-corrected chi connectivity index (χ2v) is 8.73. The van der Waals surface area contributed by atoms with E-state index in [9.17, 15) is 9.59 Å². The highest BCUT2D eigenvalue weighted by atomic mass is 35.5. The standard InChI is InChI=1S/C24H28Cl2N2O3/c1-16(24(30)27-18-6-3-4-7-18)28(15-17-10-12-19(31-2)13-11-17)23(29)14-20-21(25)8-5-9-22(20)26/h5,8-13,16,18H,3-4,6-7,14-15H2,1-2H3,(H,27,30)/t16-/m1/s1. The van der Waals surface area contributed by atoms with Crippen molar-refractivity contribution in [1.82, 2.24) is 10.2 Å². The Morgan fingerprint density at radius 1 is 1.10 bits per heavy atom. The number of halogens is 2. The molecular weight excluding hydrogens is 435 g/mol. The van der Waals surface area contributed by atoms with Crippen LogP contribution in [-0.4, -0.2) is 35.9 Å². The summed E-state index contributed by atoms with van der Waals surface area (Å²) in [5.41, 5.74) is 1.47. The average molecular weight is 463 g/mol. The normalized spacial score (nSPS) is 14.8. The van der Waals surface area contributed by atoms with Crippen molar-refractivity contribution in [3.8, 4) is 5.75 Å². The molecule has 0 unspecified atom stereocenters. The monoisotopic (exact) mass is 462 g/mol. The Labute approximate surface area is 193 Å². The molecular formula is C24H28Cl2N2O3. The highest BCUT2D eigenvalue weighted by Gasteiger charge is 2.29. The van der Waals surface area contributed by atoms with Gasteiger partial charge in [0.2, 0.25) is 11.8 Å². The van der Waals surface area contributed by atoms with E-state index in [1.54, 1.807) is 37.1 Å². The van der Waals surface area contributed by atoms with Gasteiger partial charge in [0.25, 0.3) is 0 Å². The van der Waals surface area contributed by atoms with Crippen LogP contribution in [0.2, 0.25) is 10.0 Å². The molecule has 166 valence electrons. The van der Waals surface area contributed by atoms with Crippen LogP contribution < -0.4 is 10.1 Å². The maximum atomic E-state index is 13.3. The van der Waals surface area contributed by atoms with Crippen LogP contribution in [-0.2, 0) is 22.6 Å². The van der Waals surface area contributed by atoms with Gasteiger partial charge in [-0.2, -0.15) is 0 Å². The van der Waals surface area contributed by atoms with Gasteiger partial charge in [-0.1, -0.05) is 54.2 Å². The molecule has 1 saturated carbocycles. The molecule has 2 amide bonds. The van der Waals surface area contributed by atoms with Crippen molar-refractivity contribution in [3.63, 3.8) is 0 Å². The van der Waals surface area contributed by atoms with Gasteiger partial charge < -0.3 is 15.0 Å². The predicted octanol–water partition coefficient (Wildman–Crippen LogP) is 5.02. The Balaban J connectivity index is 1.81. The first kappa shape index (κ1) is 23.4. The maximum absolute atomic E-state index is 13.3. The zero-order valence-electron chi connectivity index (χ0n) is 17.9. The van der Waals surface area contributed by atoms with Crippen LogP contribution >= 0.6 is 23.2 Å². The van der Waals surface area contributed by atoms with Crippen molar-refractivity contribution in [3.05, 3.63) is 63.6 Å². The van der Waals surface area contributed by atoms with Crippen LogP contribution in [0.4, 0.5) is 0 Å². The number of benzene rings is 2. The molecule has 0 heterocycles. The van der Waals surface area contributed by atoms with Crippen molar-refractivity contribution in [2.75, 3.05) is 7.11 Å². The Morgan fingerprint density at radius 2 is 1.71 bits per heavy atom. The summed E-state index contributed by atoms with van der Waals surface area (Å²) < 4.78 is 5.21. The lowest BCUT2D eigenvalue weighted by molar-refractivity contribution is -0.140. The van der Waals surface area contributed by atoms with Gasteiger partial charge in [-0.05, 0) is 55.2 Å². The Hall–Kier alpha value is -2.24. The number of hydrogen-bond donors (Lipinski definition) is 1. The summed E-state index contributed by atoms with van der Waals surface area (Å²) in [7, 11) is 1.60. The highest BCUT2D eigenvalue weighted by Crippen LogP contribution is 2.26. The van der Waals surface area contributed by atoms with Gasteiger partial charge >= 0.3 is 0 Å². The van der Waals surface area contributed by atoms with Crippen LogP contribution in [0.5, 0.6) is 5.75 Å². The summed E-state index contributed by atoms with van der Waals surface area (Å²) in [6.07, 6.45) is 4.24. The highest BCUT2D eigenvalue weighted by molar-refractivity contribution is 6.36. The number of nitrogens with zero attached hydrogens (tertiary/aromatic N) is 1. The largest absolute Gasteiger partial charge is 0.497 e. The predicted molar refractivity (Wildman–Crippen MR) is 124 cm³/mol. The zero-order valence-corrected chi connectivity index (χ0v) is 19.4. The molecule has 1 aliphatic carbocycles. The van der Waals surface area contributed by atoms with Crippen molar-refractivity contribution in [2.45, 2.75) is 57.7 Å². The third-order valence-electron chi connectivity index (χ3n) is 5.77. The molecule has 1 atom stereocenters. The molecule has 0 saturated heterocycles. The van der Waals surface area contributed by atoms with Crippen LogP contribution in [0.3, 0.4) is 0 Å². The fourth-order valence-corrected chi connectivity index (χ4v) is 4.39. The lowest BCUT2D eigenvalue weighted by Gasteiger charge is -2.30. The molecule has 2 aromatic carbocycles. The third kappa shape index (κ3) is 6.14. The summed E-state index contributed by atoms with van der Waals surface area (Å²) in [5, 5.41) is 3.98. The second-order valence-electron chi connectivity index (χ2n) is 7.91. The van der Waals surface area contributed by atoms with Gasteiger partial charge in [0.1, 0.15) is 11.8 Å². The molecule has 0 spiro atoms. The molecule has 1 aliphatic rings. The number of rotatable bonds is 8. The molecule has 31 heavy (non-hydrogen) atoms. The Bertz CT molecular complexity index is 891. The van der Waals surface area contributed by atoms with E-state index in [-0.39, 0.29) is 24.3 Å². The molecule has 1 fully saturated rings. The second kappa shape index (κ2) is 10.9. The van der Waals surface area contributed by atoms with Gasteiger partial charge in [-0.3, -0.25) is 9.59 Å². The first-order valence-corrected chi connectivity index (χ1v) is 11.3. The maximum Gasteiger partial charge on any atom is 0.242 e. The summed E-state index contributed by atoms with van der Waals surface area (Å²) in [6, 6.07) is 12.2. The first-order chi connectivity index (χ1) is 14.9. The lowest BCUT2D eigenvalue weighted by Crippen LogP contribution is -2.50. The number of methoxy groups -OCH3 is 1. The molecule has 7 heteroatoms. The SMILES string of the molecule is COc1ccc(CN(C(=O)Cc2c(Cl)cccc2Cl)[C@H](C)C(=O)NC2CCCC2)cc1. The number of amides is 2. The number of nitrogens with one attached hydrogen (secondary N) is 1. The smallest absolute Gasteiger partial charge is 0.242 e. The van der Waals surface area contributed by atoms with Crippen LogP contribution in [0, 0.1) is 0 Å². The Morgan fingerprint density at radius 3 is 2.29 bits per heavy atom. The fourth-order valence-electron chi connectivity index (χ4n) is 3.86. The fraction of sp³-hybridized carbons (Fsp3) is 0.417. The molecule has 0 aliphatic heterocycles. The van der Waals surface area contributed by atoms with Gasteiger partial charge in [0, 0.05) is 22.6 Å². The van der Waals surface area contributed by atoms with Crippen LogP contribution in [0.15, 0.2) is 42.5 Å². The van der Waals surface area contributed by atoms with E-state index >= 15 is 0 Å². The summed E-state index contributed by atoms with van der Waals surface area (Å²) in [6.45, 7) is 2.06. The van der Waals surface area contributed by atoms with E-state index in [1.807, 2.05) is 24.3 Å². The van der Waals surface area contributed by atoms with Crippen molar-refractivity contribution in [2.24, 2.45) is 0 Å². The molecule has 0 aromatic heterocycles. The first-order valence-electron chi connectivity index (χ1n) is 10.5. The van der Waals surface area contributed by atoms with Gasteiger partial charge in [-0.25, -0.2) is 0 Å². The van der Waals surface area contributed by atoms with Crippen molar-refractivity contribution >= 4 is 35.0 Å². The molecule has 0 bridgehead atoms. The zero-order chi connectivity index (χ0) is 22.4. The van der Waals surface area contributed by atoms with Crippen molar-refractivity contribution in [1.29, 1.82) is 0 Å². The van der Waals surface area contributed by atoms with E-state index in [1.165, 1.54) is 0 Å². The minimum atomic E-state index is -0.628. The molecule has 5 nitrogen and oxygen atoms in total. The van der Waals surface area contributed by atoms with Crippen molar-refractivity contribution < 1.29 is 14.3 Å². The summed E-state index contributed by atoms with van der Waals surface area (Å²) in [5.74, 6) is 0.385. The minimum Gasteiger partial charge on any atom is -0.497 e. The third-order valence-corrected chi connectivity index (χ3v) is 6.48.